The molecule has 1 N–H and O–H groups in total. The molecule has 1 aromatic heterocycles. The minimum absolute atomic E-state index is 0.0810. The van der Waals surface area contributed by atoms with Crippen molar-refractivity contribution in [1.29, 1.82) is 0 Å². The average Bonchev–Trinajstić information content (AvgIpc) is 2.90. The van der Waals surface area contributed by atoms with E-state index in [1.807, 2.05) is 6.07 Å². The zero-order valence-corrected chi connectivity index (χ0v) is 16.5. The van der Waals surface area contributed by atoms with Crippen molar-refractivity contribution in [2.45, 2.75) is 32.9 Å². The second kappa shape index (κ2) is 6.66. The Morgan fingerprint density at radius 3 is 2.81 bits per heavy atom. The number of aryl methyl sites for hydroxylation is 1. The first-order chi connectivity index (χ1) is 12.8. The van der Waals surface area contributed by atoms with Gasteiger partial charge in [0.2, 0.25) is 0 Å². The number of nitrogens with one attached hydrogen (secondary N) is 1. The van der Waals surface area contributed by atoms with Crippen LogP contribution in [-0.2, 0) is 18.3 Å². The molecule has 5 nitrogen and oxygen atoms in total. The predicted molar refractivity (Wildman–Crippen MR) is 109 cm³/mol. The van der Waals surface area contributed by atoms with Crippen molar-refractivity contribution in [2.24, 2.45) is 7.05 Å². The van der Waals surface area contributed by atoms with Gasteiger partial charge in [0.05, 0.1) is 23.2 Å². The number of hydrogen-bond donors (Lipinski definition) is 1. The number of H-pyrrole nitrogens is 1. The molecule has 0 radical (unpaired) electrons. The number of nitrogens with zero attached hydrogens (tertiary/aromatic N) is 2. The lowest BCUT2D eigenvalue weighted by Crippen LogP contribution is -2.47. The monoisotopic (exact) mass is 365 g/mol. The zero-order valence-electron chi connectivity index (χ0n) is 16.5. The molecule has 0 unspecified atom stereocenters. The van der Waals surface area contributed by atoms with E-state index in [9.17, 15) is 4.79 Å². The van der Waals surface area contributed by atoms with Crippen molar-refractivity contribution >= 4 is 11.0 Å². The van der Waals surface area contributed by atoms with Crippen molar-refractivity contribution in [2.75, 3.05) is 19.7 Å². The summed E-state index contributed by atoms with van der Waals surface area (Å²) >= 11 is 0. The molecule has 0 atom stereocenters. The summed E-state index contributed by atoms with van der Waals surface area (Å²) in [5, 5.41) is 0. The topological polar surface area (TPSA) is 50.3 Å². The molecular weight excluding hydrogens is 338 g/mol. The van der Waals surface area contributed by atoms with Gasteiger partial charge in [0.15, 0.2) is 0 Å². The molecule has 1 saturated heterocycles. The van der Waals surface area contributed by atoms with E-state index in [2.05, 4.69) is 61.0 Å². The van der Waals surface area contributed by atoms with Crippen molar-refractivity contribution in [3.63, 3.8) is 0 Å². The van der Waals surface area contributed by atoms with Gasteiger partial charge in [-0.3, -0.25) is 9.47 Å². The van der Waals surface area contributed by atoms with Crippen LogP contribution < -0.4 is 5.69 Å². The molecule has 5 heteroatoms. The first kappa shape index (κ1) is 18.0. The van der Waals surface area contributed by atoms with Gasteiger partial charge in [-0.05, 0) is 55.2 Å². The van der Waals surface area contributed by atoms with Crippen LogP contribution in [0.3, 0.4) is 0 Å². The summed E-state index contributed by atoms with van der Waals surface area (Å²) < 4.78 is 7.48. The molecule has 142 valence electrons. The molecule has 0 saturated carbocycles. The van der Waals surface area contributed by atoms with Gasteiger partial charge in [-0.2, -0.15) is 0 Å². The number of fused-ring (bicyclic) bond motifs is 1. The Hall–Kier alpha value is -2.37. The third-order valence-electron chi connectivity index (χ3n) is 5.56. The number of morpholine rings is 1. The van der Waals surface area contributed by atoms with Gasteiger partial charge >= 0.3 is 5.69 Å². The van der Waals surface area contributed by atoms with Gasteiger partial charge < -0.3 is 9.72 Å². The lowest BCUT2D eigenvalue weighted by atomic mass is 9.95. The fraction of sp³-hybridized carbons (Fsp3) is 0.409. The van der Waals surface area contributed by atoms with Crippen LogP contribution in [0.4, 0.5) is 0 Å². The summed E-state index contributed by atoms with van der Waals surface area (Å²) in [6, 6.07) is 12.7. The number of ether oxygens (including phenoxy) is 1. The maximum atomic E-state index is 11.9. The number of benzene rings is 2. The molecule has 3 aromatic rings. The fourth-order valence-electron chi connectivity index (χ4n) is 4.06. The Balaban J connectivity index is 1.67. The SMILES string of the molecule is Cc1c(CN2CCOC(C)(C)C2)cccc1-c1ccc2c(c1)[nH]c(=O)n2C. The highest BCUT2D eigenvalue weighted by atomic mass is 16.5. The summed E-state index contributed by atoms with van der Waals surface area (Å²) in [6.07, 6.45) is 0. The number of imidazole rings is 1. The molecule has 0 spiro atoms. The summed E-state index contributed by atoms with van der Waals surface area (Å²) in [5.41, 5.74) is 6.60. The highest BCUT2D eigenvalue weighted by Crippen LogP contribution is 2.29. The van der Waals surface area contributed by atoms with E-state index in [4.69, 9.17) is 4.74 Å². The van der Waals surface area contributed by atoms with Crippen LogP contribution >= 0.6 is 0 Å². The van der Waals surface area contributed by atoms with Crippen LogP contribution in [0.2, 0.25) is 0 Å². The summed E-state index contributed by atoms with van der Waals surface area (Å²) in [7, 11) is 1.79. The van der Waals surface area contributed by atoms with E-state index in [0.29, 0.717) is 0 Å². The quantitative estimate of drug-likeness (QED) is 0.773. The molecule has 0 amide bonds. The van der Waals surface area contributed by atoms with Crippen molar-refractivity contribution in [3.05, 3.63) is 58.0 Å². The molecule has 1 aliphatic heterocycles. The number of aromatic nitrogens is 2. The number of hydrogen-bond acceptors (Lipinski definition) is 3. The molecule has 1 aliphatic rings. The van der Waals surface area contributed by atoms with Gasteiger partial charge in [0, 0.05) is 26.7 Å². The lowest BCUT2D eigenvalue weighted by molar-refractivity contribution is -0.0883. The number of aromatic amines is 1. The van der Waals surface area contributed by atoms with Gasteiger partial charge in [0.1, 0.15) is 0 Å². The summed E-state index contributed by atoms with van der Waals surface area (Å²) in [5.74, 6) is 0. The van der Waals surface area contributed by atoms with Crippen LogP contribution in [-0.4, -0.2) is 39.7 Å². The molecule has 0 aliphatic carbocycles. The predicted octanol–water partition coefficient (Wildman–Crippen LogP) is 3.45. The van der Waals surface area contributed by atoms with Gasteiger partial charge in [-0.25, -0.2) is 4.79 Å². The van der Waals surface area contributed by atoms with E-state index in [1.165, 1.54) is 16.7 Å². The van der Waals surface area contributed by atoms with Gasteiger partial charge in [-0.15, -0.1) is 0 Å². The molecule has 0 bridgehead atoms. The zero-order chi connectivity index (χ0) is 19.2. The summed E-state index contributed by atoms with van der Waals surface area (Å²) in [6.45, 7) is 10.1. The maximum absolute atomic E-state index is 11.9. The maximum Gasteiger partial charge on any atom is 0.326 e. The second-order valence-electron chi connectivity index (χ2n) is 8.13. The Morgan fingerprint density at radius 1 is 1.22 bits per heavy atom. The van der Waals surface area contributed by atoms with Crippen LogP contribution in [0.1, 0.15) is 25.0 Å². The Kier molecular flexibility index (Phi) is 4.44. The minimum Gasteiger partial charge on any atom is -0.373 e. The minimum atomic E-state index is -0.0893. The van der Waals surface area contributed by atoms with Crippen molar-refractivity contribution in [1.82, 2.24) is 14.5 Å². The van der Waals surface area contributed by atoms with Crippen LogP contribution in [0.15, 0.2) is 41.2 Å². The third kappa shape index (κ3) is 3.45. The first-order valence-electron chi connectivity index (χ1n) is 9.48. The fourth-order valence-corrected chi connectivity index (χ4v) is 4.06. The van der Waals surface area contributed by atoms with Crippen LogP contribution in [0, 0.1) is 6.92 Å². The smallest absolute Gasteiger partial charge is 0.326 e. The number of rotatable bonds is 3. The molecule has 1 fully saturated rings. The van der Waals surface area contributed by atoms with E-state index >= 15 is 0 Å². The molecule has 4 rings (SSSR count). The highest BCUT2D eigenvalue weighted by molar-refractivity contribution is 5.83. The third-order valence-corrected chi connectivity index (χ3v) is 5.56. The van der Waals surface area contributed by atoms with E-state index < -0.39 is 0 Å². The van der Waals surface area contributed by atoms with Crippen LogP contribution in [0.25, 0.3) is 22.2 Å². The summed E-state index contributed by atoms with van der Waals surface area (Å²) in [4.78, 5) is 17.3. The van der Waals surface area contributed by atoms with E-state index in [0.717, 1.165) is 42.8 Å². The van der Waals surface area contributed by atoms with E-state index in [1.54, 1.807) is 11.6 Å². The Morgan fingerprint density at radius 2 is 2.04 bits per heavy atom. The lowest BCUT2D eigenvalue weighted by Gasteiger charge is -2.38. The Labute approximate surface area is 159 Å². The normalized spacial score (nSPS) is 17.5. The molecule has 27 heavy (non-hydrogen) atoms. The van der Waals surface area contributed by atoms with Crippen molar-refractivity contribution in [3.8, 4) is 11.1 Å². The molecule has 2 aromatic carbocycles. The standard InChI is InChI=1S/C22H27N3O2/c1-15-17(13-25-10-11-27-22(2,3)14-25)6-5-7-18(15)16-8-9-20-19(12-16)23-21(26)24(20)4/h5-9,12H,10-11,13-14H2,1-4H3,(H,23,26). The van der Waals surface area contributed by atoms with Gasteiger partial charge in [0.25, 0.3) is 0 Å². The van der Waals surface area contributed by atoms with Crippen molar-refractivity contribution < 1.29 is 4.74 Å². The molecular formula is C22H27N3O2. The second-order valence-corrected chi connectivity index (χ2v) is 8.13. The van der Waals surface area contributed by atoms with Crippen LogP contribution in [0.5, 0.6) is 0 Å². The first-order valence-corrected chi connectivity index (χ1v) is 9.48. The average molecular weight is 365 g/mol. The highest BCUT2D eigenvalue weighted by Gasteiger charge is 2.27. The molecule has 2 heterocycles. The van der Waals surface area contributed by atoms with E-state index in [-0.39, 0.29) is 11.3 Å². The largest absolute Gasteiger partial charge is 0.373 e. The van der Waals surface area contributed by atoms with Gasteiger partial charge in [-0.1, -0.05) is 24.3 Å². The Bertz CT molecular complexity index is 1050.